The molecule has 0 spiro atoms. The number of ketones is 1. The Labute approximate surface area is 244 Å². The van der Waals surface area contributed by atoms with Gasteiger partial charge in [0.05, 0.1) is 23.3 Å². The van der Waals surface area contributed by atoms with Crippen LogP contribution >= 0.6 is 34.4 Å². The van der Waals surface area contributed by atoms with Gasteiger partial charge in [0.1, 0.15) is 10.8 Å². The van der Waals surface area contributed by atoms with E-state index in [2.05, 4.69) is 45.6 Å². The van der Waals surface area contributed by atoms with Crippen LogP contribution in [0.5, 0.6) is 0 Å². The lowest BCUT2D eigenvalue weighted by molar-refractivity contribution is -0.118. The molecule has 2 aliphatic rings. The lowest BCUT2D eigenvalue weighted by Crippen LogP contribution is -2.42. The molecule has 0 saturated carbocycles. The highest BCUT2D eigenvalue weighted by atomic mass is 32.2. The third-order valence-electron chi connectivity index (χ3n) is 6.72. The molecule has 0 radical (unpaired) electrons. The SMILES string of the molecule is CCc1nnc(NC(=O)CSc2nnc(N3C(N)=C(C#N)C(c4ccc(C)cc4)C4=C3CC(C)(C)CC4=O)s2)s1. The number of aromatic nitrogens is 4. The van der Waals surface area contributed by atoms with Crippen LogP contribution in [0.3, 0.4) is 0 Å². The van der Waals surface area contributed by atoms with Crippen LogP contribution in [0.4, 0.5) is 10.3 Å². The fourth-order valence-electron chi connectivity index (χ4n) is 4.90. The summed E-state index contributed by atoms with van der Waals surface area (Å²) >= 11 is 3.84. The number of Topliss-reactive ketones (excluding diaryl/α,β-unsaturated/α-hetero) is 1. The van der Waals surface area contributed by atoms with Crippen molar-refractivity contribution in [2.45, 2.75) is 57.2 Å². The first-order valence-electron chi connectivity index (χ1n) is 12.7. The van der Waals surface area contributed by atoms with Crippen molar-refractivity contribution in [1.29, 1.82) is 5.26 Å². The Morgan fingerprint density at radius 3 is 2.62 bits per heavy atom. The number of nitrogens with two attached hydrogens (primary N) is 1. The number of anilines is 2. The highest BCUT2D eigenvalue weighted by Gasteiger charge is 2.45. The Kier molecular flexibility index (Phi) is 7.76. The molecule has 10 nitrogen and oxygen atoms in total. The summed E-state index contributed by atoms with van der Waals surface area (Å²) in [7, 11) is 0. The van der Waals surface area contributed by atoms with Crippen LogP contribution in [0.1, 0.15) is 55.7 Å². The van der Waals surface area contributed by atoms with Gasteiger partial charge in [-0.3, -0.25) is 19.8 Å². The van der Waals surface area contributed by atoms with Gasteiger partial charge in [-0.2, -0.15) is 5.26 Å². The van der Waals surface area contributed by atoms with Gasteiger partial charge in [-0.05, 0) is 30.7 Å². The Morgan fingerprint density at radius 2 is 1.95 bits per heavy atom. The number of hydrogen-bond acceptors (Lipinski definition) is 12. The Morgan fingerprint density at radius 1 is 1.20 bits per heavy atom. The van der Waals surface area contributed by atoms with Gasteiger partial charge in [0.15, 0.2) is 10.1 Å². The number of nitrogens with zero attached hydrogens (tertiary/aromatic N) is 6. The van der Waals surface area contributed by atoms with Crippen LogP contribution in [0.25, 0.3) is 0 Å². The fraction of sp³-hybridized carbons (Fsp3) is 0.370. The zero-order chi connectivity index (χ0) is 28.6. The smallest absolute Gasteiger partial charge is 0.236 e. The second-order valence-corrected chi connectivity index (χ2v) is 13.7. The molecule has 3 heterocycles. The van der Waals surface area contributed by atoms with Crippen molar-refractivity contribution in [2.75, 3.05) is 16.0 Å². The molecular formula is C27H28N8O2S3. The average Bonchev–Trinajstić information content (AvgIpc) is 3.56. The molecule has 40 heavy (non-hydrogen) atoms. The molecule has 3 aromatic rings. The first kappa shape index (κ1) is 27.9. The predicted octanol–water partition coefficient (Wildman–Crippen LogP) is 4.93. The summed E-state index contributed by atoms with van der Waals surface area (Å²) < 4.78 is 0.562. The third-order valence-corrected chi connectivity index (χ3v) is 9.75. The first-order valence-corrected chi connectivity index (χ1v) is 15.3. The maximum absolute atomic E-state index is 13.6. The van der Waals surface area contributed by atoms with Crippen molar-refractivity contribution in [2.24, 2.45) is 11.1 Å². The highest BCUT2D eigenvalue weighted by Crippen LogP contribution is 2.50. The van der Waals surface area contributed by atoms with E-state index in [1.807, 2.05) is 38.1 Å². The molecule has 0 bridgehead atoms. The predicted molar refractivity (Wildman–Crippen MR) is 157 cm³/mol. The van der Waals surface area contributed by atoms with Crippen LogP contribution in [0, 0.1) is 23.7 Å². The summed E-state index contributed by atoms with van der Waals surface area (Å²) in [5, 5.41) is 31.4. The topological polar surface area (TPSA) is 151 Å². The van der Waals surface area contributed by atoms with E-state index in [0.29, 0.717) is 38.6 Å². The molecule has 2 aromatic heterocycles. The number of nitrogens with one attached hydrogen (secondary N) is 1. The van der Waals surface area contributed by atoms with Crippen molar-refractivity contribution in [3.8, 4) is 6.07 Å². The largest absolute Gasteiger partial charge is 0.384 e. The van der Waals surface area contributed by atoms with Crippen LogP contribution in [0.15, 0.2) is 51.3 Å². The van der Waals surface area contributed by atoms with E-state index in [1.165, 1.54) is 34.4 Å². The van der Waals surface area contributed by atoms with Gasteiger partial charge in [-0.1, -0.05) is 85.0 Å². The highest BCUT2D eigenvalue weighted by molar-refractivity contribution is 8.01. The van der Waals surface area contributed by atoms with Gasteiger partial charge in [-0.15, -0.1) is 20.4 Å². The number of rotatable bonds is 7. The van der Waals surface area contributed by atoms with Gasteiger partial charge < -0.3 is 5.73 Å². The summed E-state index contributed by atoms with van der Waals surface area (Å²) in [6, 6.07) is 10.1. The lowest BCUT2D eigenvalue weighted by Gasteiger charge is -2.42. The van der Waals surface area contributed by atoms with E-state index >= 15 is 0 Å². The number of aryl methyl sites for hydroxylation is 2. The first-order chi connectivity index (χ1) is 19.1. The number of allylic oxidation sites excluding steroid dienone is 3. The standard InChI is InChI=1S/C27H28N8O2S3/c1-5-20-31-32-24(39-20)30-19(37)13-38-26-34-33-25(40-26)35-17-10-27(3,4)11-18(36)22(17)21(16(12-28)23(35)29)15-8-6-14(2)7-9-15/h6-9,21H,5,10-11,13,29H2,1-4H3,(H,30,32,37). The number of carbonyl (C=O) groups is 2. The Bertz CT molecular complexity index is 1580. The molecule has 1 aromatic carbocycles. The number of amides is 1. The minimum Gasteiger partial charge on any atom is -0.384 e. The second-order valence-electron chi connectivity index (χ2n) is 10.4. The van der Waals surface area contributed by atoms with E-state index in [-0.39, 0.29) is 28.7 Å². The monoisotopic (exact) mass is 592 g/mol. The maximum atomic E-state index is 13.6. The van der Waals surface area contributed by atoms with Gasteiger partial charge in [0.25, 0.3) is 0 Å². The molecule has 1 atom stereocenters. The minimum absolute atomic E-state index is 0.000710. The fourth-order valence-corrected chi connectivity index (χ4v) is 7.28. The molecule has 1 unspecified atom stereocenters. The number of thioether (sulfide) groups is 1. The number of nitriles is 1. The number of hydrogen-bond donors (Lipinski definition) is 2. The normalized spacial score (nSPS) is 18.5. The van der Waals surface area contributed by atoms with Gasteiger partial charge in [-0.25, -0.2) is 0 Å². The summed E-state index contributed by atoms with van der Waals surface area (Å²) in [5.74, 6) is -0.416. The molecule has 1 amide bonds. The molecule has 3 N–H and O–H groups in total. The van der Waals surface area contributed by atoms with E-state index < -0.39 is 5.92 Å². The van der Waals surface area contributed by atoms with Crippen molar-refractivity contribution in [1.82, 2.24) is 20.4 Å². The van der Waals surface area contributed by atoms with Crippen LogP contribution in [0.2, 0.25) is 0 Å². The lowest BCUT2D eigenvalue weighted by atomic mass is 9.68. The molecule has 5 rings (SSSR count). The molecule has 1 aliphatic carbocycles. The van der Waals surface area contributed by atoms with Gasteiger partial charge in [0, 0.05) is 17.7 Å². The van der Waals surface area contributed by atoms with Crippen LogP contribution in [-0.2, 0) is 16.0 Å². The van der Waals surface area contributed by atoms with Crippen molar-refractivity contribution in [3.05, 3.63) is 63.1 Å². The quantitative estimate of drug-likeness (QED) is 0.361. The second kappa shape index (κ2) is 11.1. The summed E-state index contributed by atoms with van der Waals surface area (Å²) in [6.07, 6.45) is 1.72. The summed E-state index contributed by atoms with van der Waals surface area (Å²) in [4.78, 5) is 27.8. The molecule has 0 fully saturated rings. The zero-order valence-corrected chi connectivity index (χ0v) is 25.0. The van der Waals surface area contributed by atoms with E-state index in [1.54, 1.807) is 4.90 Å². The van der Waals surface area contributed by atoms with Crippen molar-refractivity contribution < 1.29 is 9.59 Å². The molecule has 13 heteroatoms. The van der Waals surface area contributed by atoms with Gasteiger partial charge in [0.2, 0.25) is 16.2 Å². The maximum Gasteiger partial charge on any atom is 0.236 e. The van der Waals surface area contributed by atoms with Crippen molar-refractivity contribution >= 4 is 56.4 Å². The average molecular weight is 593 g/mol. The minimum atomic E-state index is -0.542. The Balaban J connectivity index is 1.45. The van der Waals surface area contributed by atoms with E-state index in [9.17, 15) is 14.9 Å². The van der Waals surface area contributed by atoms with E-state index in [0.717, 1.165) is 28.3 Å². The number of carbonyl (C=O) groups excluding carboxylic acids is 2. The Hall–Kier alpha value is -3.60. The van der Waals surface area contributed by atoms with Crippen LogP contribution < -0.4 is 16.0 Å². The number of benzene rings is 1. The third kappa shape index (κ3) is 5.52. The molecular weight excluding hydrogens is 565 g/mol. The summed E-state index contributed by atoms with van der Waals surface area (Å²) in [6.45, 7) is 8.07. The van der Waals surface area contributed by atoms with E-state index in [4.69, 9.17) is 5.73 Å². The molecule has 206 valence electrons. The van der Waals surface area contributed by atoms with Crippen molar-refractivity contribution in [3.63, 3.8) is 0 Å². The summed E-state index contributed by atoms with van der Waals surface area (Å²) in [5.41, 5.74) is 9.98. The zero-order valence-electron chi connectivity index (χ0n) is 22.5. The molecule has 0 saturated heterocycles. The molecule has 1 aliphatic heterocycles. The van der Waals surface area contributed by atoms with Crippen LogP contribution in [-0.4, -0.2) is 37.8 Å². The van der Waals surface area contributed by atoms with Gasteiger partial charge >= 0.3 is 0 Å².